The van der Waals surface area contributed by atoms with E-state index in [1.165, 1.54) is 24.8 Å². The van der Waals surface area contributed by atoms with Crippen molar-refractivity contribution in [2.45, 2.75) is 71.3 Å². The molecule has 0 aliphatic carbocycles. The lowest BCUT2D eigenvalue weighted by Gasteiger charge is -2.35. The van der Waals surface area contributed by atoms with Crippen molar-refractivity contribution in [3.63, 3.8) is 0 Å². The highest BCUT2D eigenvalue weighted by Gasteiger charge is 2.24. The predicted molar refractivity (Wildman–Crippen MR) is 159 cm³/mol. The molecule has 1 aliphatic heterocycles. The van der Waals surface area contributed by atoms with Crippen LogP contribution in [0.4, 0.5) is 11.4 Å². The summed E-state index contributed by atoms with van der Waals surface area (Å²) in [5, 5.41) is 6.07. The molecule has 2 amide bonds. The van der Waals surface area contributed by atoms with Gasteiger partial charge in [0, 0.05) is 49.8 Å². The van der Waals surface area contributed by atoms with E-state index in [0.717, 1.165) is 56.4 Å². The second-order valence-corrected chi connectivity index (χ2v) is 10.6. The fourth-order valence-corrected chi connectivity index (χ4v) is 5.29. The van der Waals surface area contributed by atoms with Gasteiger partial charge in [0.1, 0.15) is 0 Å². The van der Waals surface area contributed by atoms with E-state index in [9.17, 15) is 9.59 Å². The molecule has 1 fully saturated rings. The van der Waals surface area contributed by atoms with E-state index in [0.29, 0.717) is 30.1 Å². The third kappa shape index (κ3) is 8.95. The largest absolute Gasteiger partial charge is 0.371 e. The maximum Gasteiger partial charge on any atom is 0.253 e. The van der Waals surface area contributed by atoms with Gasteiger partial charge in [0.2, 0.25) is 5.91 Å². The lowest BCUT2D eigenvalue weighted by atomic mass is 9.89. The molecule has 0 spiro atoms. The zero-order valence-electron chi connectivity index (χ0n) is 23.2. The Labute approximate surface area is 233 Å². The lowest BCUT2D eigenvalue weighted by Crippen LogP contribution is -2.36. The SMILES string of the molecule is CCCCCCCC(=O)Nc1ccc(N2CCC(Cc3ccccc3)CC2)c(C(=O)NCc2cccnc2)c1. The Morgan fingerprint density at radius 3 is 2.44 bits per heavy atom. The summed E-state index contributed by atoms with van der Waals surface area (Å²) in [6, 6.07) is 20.2. The number of nitrogens with one attached hydrogen (secondary N) is 2. The van der Waals surface area contributed by atoms with Gasteiger partial charge in [-0.1, -0.05) is 69.0 Å². The molecule has 2 N–H and O–H groups in total. The quantitative estimate of drug-likeness (QED) is 0.241. The third-order valence-corrected chi connectivity index (χ3v) is 7.53. The topological polar surface area (TPSA) is 74.3 Å². The van der Waals surface area contributed by atoms with Gasteiger partial charge in [0.05, 0.1) is 5.56 Å². The molecule has 0 bridgehead atoms. The van der Waals surface area contributed by atoms with Crippen LogP contribution in [0.2, 0.25) is 0 Å². The van der Waals surface area contributed by atoms with Crippen molar-refractivity contribution in [1.82, 2.24) is 10.3 Å². The van der Waals surface area contributed by atoms with Gasteiger partial charge in [-0.2, -0.15) is 0 Å². The van der Waals surface area contributed by atoms with E-state index in [4.69, 9.17) is 0 Å². The van der Waals surface area contributed by atoms with Crippen LogP contribution in [0.15, 0.2) is 73.1 Å². The van der Waals surface area contributed by atoms with E-state index in [1.807, 2.05) is 30.3 Å². The normalized spacial score (nSPS) is 13.7. The van der Waals surface area contributed by atoms with Crippen LogP contribution in [0, 0.1) is 5.92 Å². The molecule has 1 saturated heterocycles. The summed E-state index contributed by atoms with van der Waals surface area (Å²) in [4.78, 5) is 32.5. The van der Waals surface area contributed by atoms with E-state index in [-0.39, 0.29) is 11.8 Å². The molecule has 0 radical (unpaired) electrons. The Balaban J connectivity index is 1.42. The minimum atomic E-state index is -0.143. The maximum absolute atomic E-state index is 13.4. The first-order chi connectivity index (χ1) is 19.1. The molecule has 2 heterocycles. The highest BCUT2D eigenvalue weighted by atomic mass is 16.2. The Hall–Kier alpha value is -3.67. The Kier molecular flexibility index (Phi) is 10.9. The smallest absolute Gasteiger partial charge is 0.253 e. The highest BCUT2D eigenvalue weighted by Crippen LogP contribution is 2.30. The predicted octanol–water partition coefficient (Wildman–Crippen LogP) is 6.77. The lowest BCUT2D eigenvalue weighted by molar-refractivity contribution is -0.116. The molecular formula is C33H42N4O2. The molecule has 4 rings (SSSR count). The number of hydrogen-bond donors (Lipinski definition) is 2. The molecule has 6 nitrogen and oxygen atoms in total. The van der Waals surface area contributed by atoms with Crippen molar-refractivity contribution >= 4 is 23.2 Å². The van der Waals surface area contributed by atoms with Gasteiger partial charge in [-0.15, -0.1) is 0 Å². The fraction of sp³-hybridized carbons (Fsp3) is 0.424. The maximum atomic E-state index is 13.4. The standard InChI is InChI=1S/C33H42N4O2/c1-2-3-4-5-9-14-32(38)36-29-15-16-31(30(23-29)33(39)35-25-28-13-10-19-34-24-28)37-20-17-27(18-21-37)22-26-11-7-6-8-12-26/h6-8,10-13,15-16,19,23-24,27H,2-5,9,14,17-18,20-22,25H2,1H3,(H,35,39)(H,36,38). The zero-order valence-corrected chi connectivity index (χ0v) is 23.2. The van der Waals surface area contributed by atoms with Crippen LogP contribution in [-0.2, 0) is 17.8 Å². The molecule has 1 aliphatic rings. The number of amides is 2. The van der Waals surface area contributed by atoms with E-state index in [2.05, 4.69) is 57.8 Å². The summed E-state index contributed by atoms with van der Waals surface area (Å²) in [6.45, 7) is 4.40. The molecule has 0 saturated carbocycles. The fourth-order valence-electron chi connectivity index (χ4n) is 5.29. The molecular weight excluding hydrogens is 484 g/mol. The van der Waals surface area contributed by atoms with Crippen LogP contribution in [0.1, 0.15) is 79.8 Å². The molecule has 1 aromatic heterocycles. The van der Waals surface area contributed by atoms with Crippen molar-refractivity contribution in [3.05, 3.63) is 89.7 Å². The number of unbranched alkanes of at least 4 members (excludes halogenated alkanes) is 4. The molecule has 0 atom stereocenters. The summed E-state index contributed by atoms with van der Waals surface area (Å²) in [7, 11) is 0. The summed E-state index contributed by atoms with van der Waals surface area (Å²) < 4.78 is 0. The monoisotopic (exact) mass is 526 g/mol. The number of hydrogen-bond acceptors (Lipinski definition) is 4. The Morgan fingerprint density at radius 1 is 0.923 bits per heavy atom. The number of aromatic nitrogens is 1. The first-order valence-corrected chi connectivity index (χ1v) is 14.5. The minimum absolute atomic E-state index is 0.00249. The highest BCUT2D eigenvalue weighted by molar-refractivity contribution is 6.02. The van der Waals surface area contributed by atoms with Gasteiger partial charge in [0.15, 0.2) is 0 Å². The van der Waals surface area contributed by atoms with E-state index >= 15 is 0 Å². The second-order valence-electron chi connectivity index (χ2n) is 10.6. The summed E-state index contributed by atoms with van der Waals surface area (Å²) in [5.74, 6) is 0.501. The number of anilines is 2. The van der Waals surface area contributed by atoms with Crippen LogP contribution in [0.5, 0.6) is 0 Å². The van der Waals surface area contributed by atoms with Crippen LogP contribution in [0.25, 0.3) is 0 Å². The van der Waals surface area contributed by atoms with Crippen molar-refractivity contribution < 1.29 is 9.59 Å². The molecule has 39 heavy (non-hydrogen) atoms. The van der Waals surface area contributed by atoms with Crippen molar-refractivity contribution in [1.29, 1.82) is 0 Å². The average molecular weight is 527 g/mol. The molecule has 0 unspecified atom stereocenters. The first kappa shape index (κ1) is 28.3. The summed E-state index contributed by atoms with van der Waals surface area (Å²) in [6.07, 6.45) is 12.8. The van der Waals surface area contributed by atoms with Gasteiger partial charge in [-0.25, -0.2) is 0 Å². The average Bonchev–Trinajstić information content (AvgIpc) is 2.97. The number of carbonyl (C=O) groups excluding carboxylic acids is 2. The molecule has 206 valence electrons. The summed E-state index contributed by atoms with van der Waals surface area (Å²) >= 11 is 0. The molecule has 2 aromatic carbocycles. The van der Waals surface area contributed by atoms with Gasteiger partial charge in [0.25, 0.3) is 5.91 Å². The van der Waals surface area contributed by atoms with E-state index < -0.39 is 0 Å². The number of pyridine rings is 1. The van der Waals surface area contributed by atoms with Gasteiger partial charge in [-0.05, 0) is 67.0 Å². The van der Waals surface area contributed by atoms with Crippen LogP contribution in [-0.4, -0.2) is 29.9 Å². The Bertz CT molecular complexity index is 1170. The van der Waals surface area contributed by atoms with Crippen molar-refractivity contribution in [3.8, 4) is 0 Å². The number of benzene rings is 2. The molecule has 3 aromatic rings. The van der Waals surface area contributed by atoms with E-state index in [1.54, 1.807) is 12.4 Å². The number of piperidine rings is 1. The summed E-state index contributed by atoms with van der Waals surface area (Å²) in [5.41, 5.74) is 4.52. The number of carbonyl (C=O) groups is 2. The van der Waals surface area contributed by atoms with Crippen molar-refractivity contribution in [2.75, 3.05) is 23.3 Å². The van der Waals surface area contributed by atoms with Crippen LogP contribution >= 0.6 is 0 Å². The zero-order chi connectivity index (χ0) is 27.3. The van der Waals surface area contributed by atoms with Crippen molar-refractivity contribution in [2.24, 2.45) is 5.92 Å². The minimum Gasteiger partial charge on any atom is -0.371 e. The van der Waals surface area contributed by atoms with Crippen LogP contribution < -0.4 is 15.5 Å². The van der Waals surface area contributed by atoms with Crippen LogP contribution in [0.3, 0.4) is 0 Å². The number of rotatable bonds is 13. The number of nitrogens with zero attached hydrogens (tertiary/aromatic N) is 2. The van der Waals surface area contributed by atoms with Gasteiger partial charge < -0.3 is 15.5 Å². The molecule has 6 heteroatoms. The second kappa shape index (κ2) is 15.1. The van der Waals surface area contributed by atoms with Gasteiger partial charge in [-0.3, -0.25) is 14.6 Å². The van der Waals surface area contributed by atoms with Gasteiger partial charge >= 0.3 is 0 Å². The third-order valence-electron chi connectivity index (χ3n) is 7.53. The first-order valence-electron chi connectivity index (χ1n) is 14.5. The Morgan fingerprint density at radius 2 is 1.69 bits per heavy atom.